The molecule has 0 radical (unpaired) electrons. The SMILES string of the molecule is CC(c1ccc[nH]1)N1CCCC(N)C1.Cl. The fraction of sp³-hybridized carbons (Fsp3) is 0.636. The average Bonchev–Trinajstić information content (AvgIpc) is 2.69. The van der Waals surface area contributed by atoms with E-state index in [-0.39, 0.29) is 12.4 Å². The lowest BCUT2D eigenvalue weighted by Gasteiger charge is -2.34. The molecule has 2 atom stereocenters. The summed E-state index contributed by atoms with van der Waals surface area (Å²) in [7, 11) is 0. The van der Waals surface area contributed by atoms with Gasteiger partial charge in [-0.25, -0.2) is 0 Å². The van der Waals surface area contributed by atoms with Crippen molar-refractivity contribution in [3.8, 4) is 0 Å². The standard InChI is InChI=1S/C11H19N3.ClH/c1-9(11-5-2-6-13-11)14-7-3-4-10(12)8-14;/h2,5-6,9-10,13H,3-4,7-8,12H2,1H3;1H. The maximum Gasteiger partial charge on any atom is 0.0470 e. The summed E-state index contributed by atoms with van der Waals surface area (Å²) in [6.07, 6.45) is 4.38. The van der Waals surface area contributed by atoms with E-state index in [1.807, 2.05) is 6.20 Å². The summed E-state index contributed by atoms with van der Waals surface area (Å²) in [6.45, 7) is 4.44. The van der Waals surface area contributed by atoms with Crippen LogP contribution < -0.4 is 5.73 Å². The normalized spacial score (nSPS) is 24.5. The second-order valence-corrected chi connectivity index (χ2v) is 4.20. The van der Waals surface area contributed by atoms with Gasteiger partial charge < -0.3 is 10.7 Å². The molecule has 0 amide bonds. The molecule has 4 heteroatoms. The molecule has 86 valence electrons. The van der Waals surface area contributed by atoms with Gasteiger partial charge in [-0.3, -0.25) is 4.90 Å². The Hall–Kier alpha value is -0.510. The van der Waals surface area contributed by atoms with Gasteiger partial charge in [0.05, 0.1) is 0 Å². The highest BCUT2D eigenvalue weighted by Crippen LogP contribution is 2.22. The minimum absolute atomic E-state index is 0. The van der Waals surface area contributed by atoms with E-state index in [0.717, 1.165) is 6.54 Å². The number of aromatic nitrogens is 1. The van der Waals surface area contributed by atoms with Gasteiger partial charge in [-0.05, 0) is 38.4 Å². The van der Waals surface area contributed by atoms with E-state index in [0.29, 0.717) is 12.1 Å². The minimum atomic E-state index is 0. The lowest BCUT2D eigenvalue weighted by Crippen LogP contribution is -2.43. The topological polar surface area (TPSA) is 45.0 Å². The summed E-state index contributed by atoms with van der Waals surface area (Å²) < 4.78 is 0. The van der Waals surface area contributed by atoms with Crippen LogP contribution in [0.3, 0.4) is 0 Å². The number of aromatic amines is 1. The average molecular weight is 230 g/mol. The van der Waals surface area contributed by atoms with Crippen LogP contribution in [-0.4, -0.2) is 29.0 Å². The molecule has 0 bridgehead atoms. The van der Waals surface area contributed by atoms with Crippen LogP contribution in [0.25, 0.3) is 0 Å². The quantitative estimate of drug-likeness (QED) is 0.814. The van der Waals surface area contributed by atoms with E-state index in [1.54, 1.807) is 0 Å². The Bertz CT molecular complexity index is 273. The maximum absolute atomic E-state index is 5.96. The monoisotopic (exact) mass is 229 g/mol. The molecular formula is C11H20ClN3. The molecule has 2 unspecified atom stereocenters. The fourth-order valence-corrected chi connectivity index (χ4v) is 2.19. The second-order valence-electron chi connectivity index (χ2n) is 4.20. The molecular weight excluding hydrogens is 210 g/mol. The molecule has 1 aromatic rings. The Kier molecular flexibility index (Phi) is 4.64. The number of nitrogens with zero attached hydrogens (tertiary/aromatic N) is 1. The second kappa shape index (κ2) is 5.54. The number of hydrogen-bond acceptors (Lipinski definition) is 2. The van der Waals surface area contributed by atoms with E-state index in [4.69, 9.17) is 5.73 Å². The molecule has 1 saturated heterocycles. The first kappa shape index (κ1) is 12.6. The lowest BCUT2D eigenvalue weighted by atomic mass is 10.0. The predicted octanol–water partition coefficient (Wildman–Crippen LogP) is 1.92. The molecule has 3 nitrogen and oxygen atoms in total. The van der Waals surface area contributed by atoms with Gasteiger partial charge in [-0.1, -0.05) is 0 Å². The van der Waals surface area contributed by atoms with Crippen LogP contribution >= 0.6 is 12.4 Å². The molecule has 3 N–H and O–H groups in total. The highest BCUT2D eigenvalue weighted by Gasteiger charge is 2.22. The van der Waals surface area contributed by atoms with Crippen molar-refractivity contribution >= 4 is 12.4 Å². The number of nitrogens with two attached hydrogens (primary N) is 1. The zero-order valence-corrected chi connectivity index (χ0v) is 9.96. The summed E-state index contributed by atoms with van der Waals surface area (Å²) in [4.78, 5) is 5.72. The molecule has 0 aliphatic carbocycles. The Morgan fingerprint density at radius 2 is 2.40 bits per heavy atom. The van der Waals surface area contributed by atoms with Gasteiger partial charge in [0, 0.05) is 30.5 Å². The highest BCUT2D eigenvalue weighted by molar-refractivity contribution is 5.85. The molecule has 2 rings (SSSR count). The first-order chi connectivity index (χ1) is 6.77. The Morgan fingerprint density at radius 1 is 1.60 bits per heavy atom. The molecule has 1 aliphatic heterocycles. The van der Waals surface area contributed by atoms with Gasteiger partial charge in [0.25, 0.3) is 0 Å². The third-order valence-electron chi connectivity index (χ3n) is 3.11. The van der Waals surface area contributed by atoms with Crippen LogP contribution in [0.1, 0.15) is 31.5 Å². The van der Waals surface area contributed by atoms with E-state index < -0.39 is 0 Å². The van der Waals surface area contributed by atoms with Crippen molar-refractivity contribution in [2.24, 2.45) is 5.73 Å². The van der Waals surface area contributed by atoms with E-state index in [9.17, 15) is 0 Å². The summed E-state index contributed by atoms with van der Waals surface area (Å²) >= 11 is 0. The number of hydrogen-bond donors (Lipinski definition) is 2. The molecule has 2 heterocycles. The van der Waals surface area contributed by atoms with E-state index in [2.05, 4.69) is 28.9 Å². The molecule has 1 aromatic heterocycles. The van der Waals surface area contributed by atoms with Gasteiger partial charge in [-0.15, -0.1) is 12.4 Å². The largest absolute Gasteiger partial charge is 0.364 e. The van der Waals surface area contributed by atoms with Crippen LogP contribution in [0.4, 0.5) is 0 Å². The fourth-order valence-electron chi connectivity index (χ4n) is 2.19. The molecule has 15 heavy (non-hydrogen) atoms. The zero-order chi connectivity index (χ0) is 9.97. The minimum Gasteiger partial charge on any atom is -0.364 e. The van der Waals surface area contributed by atoms with Crippen molar-refractivity contribution in [1.82, 2.24) is 9.88 Å². The Morgan fingerprint density at radius 3 is 3.00 bits per heavy atom. The third-order valence-corrected chi connectivity index (χ3v) is 3.11. The number of rotatable bonds is 2. The van der Waals surface area contributed by atoms with Crippen molar-refractivity contribution in [3.63, 3.8) is 0 Å². The molecule has 1 fully saturated rings. The number of likely N-dealkylation sites (tertiary alicyclic amines) is 1. The van der Waals surface area contributed by atoms with Gasteiger partial charge >= 0.3 is 0 Å². The number of halogens is 1. The van der Waals surface area contributed by atoms with Gasteiger partial charge in [0.2, 0.25) is 0 Å². The van der Waals surface area contributed by atoms with Crippen LogP contribution in [0.5, 0.6) is 0 Å². The molecule has 0 aromatic carbocycles. The third kappa shape index (κ3) is 2.97. The molecule has 0 saturated carbocycles. The summed E-state index contributed by atoms with van der Waals surface area (Å²) in [5.74, 6) is 0. The summed E-state index contributed by atoms with van der Waals surface area (Å²) in [5.41, 5.74) is 7.26. The van der Waals surface area contributed by atoms with Crippen molar-refractivity contribution in [2.45, 2.75) is 31.8 Å². The van der Waals surface area contributed by atoms with Crippen LogP contribution in [0.15, 0.2) is 18.3 Å². The summed E-state index contributed by atoms with van der Waals surface area (Å²) in [5, 5.41) is 0. The smallest absolute Gasteiger partial charge is 0.0470 e. The van der Waals surface area contributed by atoms with Crippen molar-refractivity contribution in [3.05, 3.63) is 24.0 Å². The highest BCUT2D eigenvalue weighted by atomic mass is 35.5. The van der Waals surface area contributed by atoms with Crippen molar-refractivity contribution in [1.29, 1.82) is 0 Å². The van der Waals surface area contributed by atoms with Crippen LogP contribution in [-0.2, 0) is 0 Å². The Balaban J connectivity index is 0.00000112. The van der Waals surface area contributed by atoms with E-state index >= 15 is 0 Å². The first-order valence-corrected chi connectivity index (χ1v) is 5.40. The number of H-pyrrole nitrogens is 1. The lowest BCUT2D eigenvalue weighted by molar-refractivity contribution is 0.157. The summed E-state index contributed by atoms with van der Waals surface area (Å²) in [6, 6.07) is 5.03. The molecule has 0 spiro atoms. The van der Waals surface area contributed by atoms with Gasteiger partial charge in [0.1, 0.15) is 0 Å². The van der Waals surface area contributed by atoms with E-state index in [1.165, 1.54) is 25.1 Å². The van der Waals surface area contributed by atoms with Gasteiger partial charge in [0.15, 0.2) is 0 Å². The molecule has 1 aliphatic rings. The van der Waals surface area contributed by atoms with Crippen LogP contribution in [0.2, 0.25) is 0 Å². The van der Waals surface area contributed by atoms with Crippen molar-refractivity contribution < 1.29 is 0 Å². The van der Waals surface area contributed by atoms with Gasteiger partial charge in [-0.2, -0.15) is 0 Å². The van der Waals surface area contributed by atoms with Crippen molar-refractivity contribution in [2.75, 3.05) is 13.1 Å². The van der Waals surface area contributed by atoms with Crippen LogP contribution in [0, 0.1) is 0 Å². The first-order valence-electron chi connectivity index (χ1n) is 5.40. The zero-order valence-electron chi connectivity index (χ0n) is 9.15. The predicted molar refractivity (Wildman–Crippen MR) is 65.2 cm³/mol. The number of piperidine rings is 1. The Labute approximate surface area is 97.4 Å². The number of nitrogens with one attached hydrogen (secondary N) is 1. The maximum atomic E-state index is 5.96.